The van der Waals surface area contributed by atoms with E-state index in [1.807, 2.05) is 11.8 Å². The average Bonchev–Trinajstić information content (AvgIpc) is 3.53. The van der Waals surface area contributed by atoms with Crippen molar-refractivity contribution in [3.63, 3.8) is 0 Å². The normalized spacial score (nSPS) is 28.9. The number of amides is 2. The van der Waals surface area contributed by atoms with Crippen LogP contribution >= 0.6 is 11.3 Å². The van der Waals surface area contributed by atoms with Crippen molar-refractivity contribution in [1.29, 1.82) is 0 Å². The second-order valence-electron chi connectivity index (χ2n) is 8.38. The van der Waals surface area contributed by atoms with Crippen molar-refractivity contribution in [1.82, 2.24) is 9.88 Å². The van der Waals surface area contributed by atoms with Crippen molar-refractivity contribution < 1.29 is 9.59 Å². The molecule has 0 unspecified atom stereocenters. The molecule has 0 bridgehead atoms. The summed E-state index contributed by atoms with van der Waals surface area (Å²) in [6.45, 7) is 4.06. The second kappa shape index (κ2) is 5.64. The Labute approximate surface area is 162 Å². The Bertz CT molecular complexity index is 947. The Balaban J connectivity index is 1.53. The summed E-state index contributed by atoms with van der Waals surface area (Å²) in [5, 5.41) is 1.07. The number of piperidine rings is 1. The van der Waals surface area contributed by atoms with Crippen molar-refractivity contribution in [3.05, 3.63) is 40.5 Å². The number of carbonyl (C=O) groups excluding carboxylic acids is 2. The third-order valence-corrected chi connectivity index (χ3v) is 7.58. The molecule has 6 heteroatoms. The van der Waals surface area contributed by atoms with Crippen molar-refractivity contribution >= 4 is 23.2 Å². The van der Waals surface area contributed by atoms with Gasteiger partial charge in [0.15, 0.2) is 0 Å². The molecule has 27 heavy (non-hydrogen) atoms. The predicted octanol–water partition coefficient (Wildman–Crippen LogP) is 3.47. The van der Waals surface area contributed by atoms with Crippen LogP contribution in [0.3, 0.4) is 0 Å². The van der Waals surface area contributed by atoms with Gasteiger partial charge in [0.1, 0.15) is 5.69 Å². The van der Waals surface area contributed by atoms with Crippen molar-refractivity contribution in [3.8, 4) is 10.4 Å². The summed E-state index contributed by atoms with van der Waals surface area (Å²) in [7, 11) is 0. The van der Waals surface area contributed by atoms with Crippen LogP contribution in [0.4, 0.5) is 0 Å². The molecule has 0 radical (unpaired) electrons. The van der Waals surface area contributed by atoms with Gasteiger partial charge in [0, 0.05) is 18.0 Å². The fourth-order valence-corrected chi connectivity index (χ4v) is 5.75. The van der Waals surface area contributed by atoms with Gasteiger partial charge in [-0.15, -0.1) is 11.3 Å². The van der Waals surface area contributed by atoms with Crippen molar-refractivity contribution in [2.45, 2.75) is 57.5 Å². The van der Waals surface area contributed by atoms with E-state index in [0.717, 1.165) is 28.3 Å². The molecule has 2 aromatic rings. The molecule has 3 aliphatic rings. The molecule has 5 nitrogen and oxygen atoms in total. The summed E-state index contributed by atoms with van der Waals surface area (Å²) in [5.74, 6) is 0.180. The van der Waals surface area contributed by atoms with E-state index < -0.39 is 5.41 Å². The average molecular weight is 382 g/mol. The molecular weight excluding hydrogens is 358 g/mol. The Morgan fingerprint density at radius 2 is 1.93 bits per heavy atom. The van der Waals surface area contributed by atoms with E-state index in [1.165, 1.54) is 5.56 Å². The lowest BCUT2D eigenvalue weighted by atomic mass is 10.00. The van der Waals surface area contributed by atoms with Crippen LogP contribution in [-0.4, -0.2) is 33.8 Å². The monoisotopic (exact) mass is 381 g/mol. The summed E-state index contributed by atoms with van der Waals surface area (Å²) < 4.78 is 0. The summed E-state index contributed by atoms with van der Waals surface area (Å²) in [6.07, 6.45) is 3.67. The summed E-state index contributed by atoms with van der Waals surface area (Å²) in [6, 6.07) is 8.22. The molecule has 3 fully saturated rings. The van der Waals surface area contributed by atoms with E-state index in [-0.39, 0.29) is 23.9 Å². The first kappa shape index (κ1) is 16.9. The third-order valence-electron chi connectivity index (χ3n) is 6.32. The van der Waals surface area contributed by atoms with Crippen LogP contribution in [0.2, 0.25) is 0 Å². The molecule has 2 saturated carbocycles. The van der Waals surface area contributed by atoms with Crippen molar-refractivity contribution in [2.24, 2.45) is 11.1 Å². The maximum Gasteiger partial charge on any atom is 0.274 e. The van der Waals surface area contributed by atoms with Crippen LogP contribution in [0.1, 0.15) is 59.6 Å². The third kappa shape index (κ3) is 2.53. The number of aromatic nitrogens is 1. The van der Waals surface area contributed by atoms with Gasteiger partial charge in [-0.25, -0.2) is 4.98 Å². The molecule has 5 rings (SSSR count). The molecule has 1 aliphatic heterocycles. The number of likely N-dealkylation sites (tertiary alicyclic amines) is 1. The molecule has 0 spiro atoms. The van der Waals surface area contributed by atoms with E-state index in [1.54, 1.807) is 11.3 Å². The minimum absolute atomic E-state index is 0.0145. The van der Waals surface area contributed by atoms with Crippen LogP contribution < -0.4 is 5.73 Å². The number of aryl methyl sites for hydroxylation is 1. The number of hydrogen-bond donors (Lipinski definition) is 1. The zero-order valence-electron chi connectivity index (χ0n) is 15.6. The van der Waals surface area contributed by atoms with E-state index in [0.29, 0.717) is 24.5 Å². The maximum atomic E-state index is 13.5. The van der Waals surface area contributed by atoms with Gasteiger partial charge in [0.05, 0.1) is 15.3 Å². The van der Waals surface area contributed by atoms with E-state index in [4.69, 9.17) is 10.7 Å². The summed E-state index contributed by atoms with van der Waals surface area (Å²) in [5.41, 5.74) is 7.90. The van der Waals surface area contributed by atoms with Crippen LogP contribution in [-0.2, 0) is 4.79 Å². The lowest BCUT2D eigenvalue weighted by Crippen LogP contribution is -2.37. The number of rotatable bonds is 4. The number of hydrogen-bond acceptors (Lipinski definition) is 4. The quantitative estimate of drug-likeness (QED) is 0.881. The predicted molar refractivity (Wildman–Crippen MR) is 105 cm³/mol. The molecule has 140 valence electrons. The molecule has 1 aromatic heterocycles. The first-order valence-corrected chi connectivity index (χ1v) is 10.4. The van der Waals surface area contributed by atoms with Crippen LogP contribution in [0, 0.1) is 12.3 Å². The smallest absolute Gasteiger partial charge is 0.274 e. The summed E-state index contributed by atoms with van der Waals surface area (Å²) >= 11 is 1.65. The van der Waals surface area contributed by atoms with Crippen LogP contribution in [0.15, 0.2) is 24.3 Å². The highest BCUT2D eigenvalue weighted by Crippen LogP contribution is 2.59. The zero-order chi connectivity index (χ0) is 18.9. The van der Waals surface area contributed by atoms with Gasteiger partial charge in [0.25, 0.3) is 5.91 Å². The van der Waals surface area contributed by atoms with Gasteiger partial charge in [-0.2, -0.15) is 0 Å². The zero-order valence-corrected chi connectivity index (χ0v) is 16.4. The maximum absolute atomic E-state index is 13.5. The topological polar surface area (TPSA) is 76.3 Å². The standard InChI is InChI=1S/C21H23N3O2S/c1-11-3-5-13(6-4-11)17-16(23-18(27-17)14-7-8-14)19(25)24-12(2)9-21(20(22)26)10-15(21)24/h3-6,12,14-15H,7-10H2,1-2H3,(H2,22,26)/t12-,15-,21+/m0/s1. The highest BCUT2D eigenvalue weighted by Gasteiger charge is 2.68. The molecule has 1 saturated heterocycles. The molecule has 2 heterocycles. The van der Waals surface area contributed by atoms with Gasteiger partial charge in [-0.1, -0.05) is 29.8 Å². The number of primary amides is 1. The second-order valence-corrected chi connectivity index (χ2v) is 9.41. The molecule has 3 atom stereocenters. The van der Waals surface area contributed by atoms with E-state index in [2.05, 4.69) is 31.2 Å². The molecule has 2 aliphatic carbocycles. The number of fused-ring (bicyclic) bond motifs is 1. The first-order valence-electron chi connectivity index (χ1n) is 9.61. The Morgan fingerprint density at radius 1 is 1.22 bits per heavy atom. The van der Waals surface area contributed by atoms with E-state index >= 15 is 0 Å². The summed E-state index contributed by atoms with van der Waals surface area (Å²) in [4.78, 5) is 33.0. The number of benzene rings is 1. The number of nitrogens with zero attached hydrogens (tertiary/aromatic N) is 2. The van der Waals surface area contributed by atoms with Crippen LogP contribution in [0.5, 0.6) is 0 Å². The fourth-order valence-electron chi connectivity index (χ4n) is 4.52. The highest BCUT2D eigenvalue weighted by atomic mass is 32.1. The molecule has 2 N–H and O–H groups in total. The minimum Gasteiger partial charge on any atom is -0.369 e. The minimum atomic E-state index is -0.506. The van der Waals surface area contributed by atoms with Gasteiger partial charge in [-0.05, 0) is 45.1 Å². The largest absolute Gasteiger partial charge is 0.369 e. The van der Waals surface area contributed by atoms with E-state index in [9.17, 15) is 9.59 Å². The first-order chi connectivity index (χ1) is 12.9. The van der Waals surface area contributed by atoms with Gasteiger partial charge in [-0.3, -0.25) is 9.59 Å². The van der Waals surface area contributed by atoms with Gasteiger partial charge in [0.2, 0.25) is 5.91 Å². The Kier molecular flexibility index (Phi) is 3.54. The van der Waals surface area contributed by atoms with Crippen molar-refractivity contribution in [2.75, 3.05) is 0 Å². The number of nitrogens with two attached hydrogens (primary N) is 1. The molecular formula is C21H23N3O2S. The van der Waals surface area contributed by atoms with Crippen LogP contribution in [0.25, 0.3) is 10.4 Å². The lowest BCUT2D eigenvalue weighted by molar-refractivity contribution is -0.123. The lowest BCUT2D eigenvalue weighted by Gasteiger charge is -2.24. The molecule has 2 amide bonds. The Hall–Kier alpha value is -2.21. The Morgan fingerprint density at radius 3 is 2.52 bits per heavy atom. The number of carbonyl (C=O) groups is 2. The SMILES string of the molecule is Cc1ccc(-c2sc(C3CC3)nc2C(=O)N2[C@H]3C[C@]3(C(N)=O)C[C@@H]2C)cc1. The number of thiazole rings is 1. The van der Waals surface area contributed by atoms with Gasteiger partial charge < -0.3 is 10.6 Å². The van der Waals surface area contributed by atoms with Gasteiger partial charge >= 0.3 is 0 Å². The fraction of sp³-hybridized carbons (Fsp3) is 0.476. The highest BCUT2D eigenvalue weighted by molar-refractivity contribution is 7.15. The molecule has 1 aromatic carbocycles.